The fourth-order valence-corrected chi connectivity index (χ4v) is 0. The van der Waals surface area contributed by atoms with E-state index < -0.39 is 0 Å². The highest BCUT2D eigenvalue weighted by Gasteiger charge is 1.68. The van der Waals surface area contributed by atoms with Crippen LogP contribution in [0.1, 0.15) is 0 Å². The van der Waals surface area contributed by atoms with Crippen molar-refractivity contribution in [1.82, 2.24) is 10.4 Å². The summed E-state index contributed by atoms with van der Waals surface area (Å²) in [5.74, 6) is 0. The number of hydrogen-bond acceptors (Lipinski definition) is 2. The molecule has 1 N–H and O–H groups in total. The highest BCUT2D eigenvalue weighted by molar-refractivity contribution is 4.12. The van der Waals surface area contributed by atoms with Gasteiger partial charge in [-0.05, 0) is 7.05 Å². The van der Waals surface area contributed by atoms with Crippen LogP contribution in [0.25, 0.3) is 0 Å². The minimum atomic E-state index is 1.88. The molecule has 2 heteroatoms. The summed E-state index contributed by atoms with van der Waals surface area (Å²) in [6.07, 6.45) is 0. The van der Waals surface area contributed by atoms with Crippen molar-refractivity contribution >= 4 is 0 Å². The second-order valence-electron chi connectivity index (χ2n) is 1.12. The zero-order valence-electron chi connectivity index (χ0n) is 3.95. The second kappa shape index (κ2) is 2.18. The average molecular weight is 74.1 g/mol. The topological polar surface area (TPSA) is 15.3 Å². The summed E-state index contributed by atoms with van der Waals surface area (Å²) in [5.41, 5.74) is 2.86. The van der Waals surface area contributed by atoms with Crippen molar-refractivity contribution < 1.29 is 0 Å². The Balaban J connectivity index is 2.54. The lowest BCUT2D eigenvalue weighted by atomic mass is 11.1. The van der Waals surface area contributed by atoms with Gasteiger partial charge in [0.05, 0.1) is 0 Å². The summed E-state index contributed by atoms with van der Waals surface area (Å²) in [7, 11) is 5.76. The average Bonchev–Trinajstić information content (AvgIpc) is 1.38. The maximum atomic E-state index is 2.86. The van der Waals surface area contributed by atoms with Gasteiger partial charge in [0.15, 0.2) is 0 Å². The van der Waals surface area contributed by atoms with Crippen LogP contribution in [0.5, 0.6) is 0 Å². The van der Waals surface area contributed by atoms with Crippen LogP contribution in [0.3, 0.4) is 0 Å². The smallest absolute Gasteiger partial charge is 0.00128 e. The molecular formula is C3H10N2. The standard InChI is InChI=1S/C3H10N2/c1-4-5(2)3/h4H,1-3H3. The molecule has 0 rings (SSSR count). The Kier molecular flexibility index (Phi) is 2.14. The predicted octanol–water partition coefficient (Wildman–Crippen LogP) is -0.318. The van der Waals surface area contributed by atoms with E-state index in [4.69, 9.17) is 0 Å². The van der Waals surface area contributed by atoms with Gasteiger partial charge in [-0.2, -0.15) is 0 Å². The van der Waals surface area contributed by atoms with Crippen LogP contribution in [0.15, 0.2) is 0 Å². The zero-order chi connectivity index (χ0) is 4.28. The van der Waals surface area contributed by atoms with E-state index in [0.717, 1.165) is 0 Å². The molecule has 0 spiro atoms. The molecule has 0 heterocycles. The first kappa shape index (κ1) is 4.92. The lowest BCUT2D eigenvalue weighted by molar-refractivity contribution is 0.323. The molecular weight excluding hydrogens is 64.0 g/mol. The van der Waals surface area contributed by atoms with Crippen LogP contribution < -0.4 is 5.43 Å². The SMILES string of the molecule is CNN(C)C. The lowest BCUT2D eigenvalue weighted by Gasteiger charge is -2.02. The summed E-state index contributed by atoms with van der Waals surface area (Å²) < 4.78 is 0. The van der Waals surface area contributed by atoms with Crippen molar-refractivity contribution in [3.05, 3.63) is 0 Å². The van der Waals surface area contributed by atoms with Gasteiger partial charge < -0.3 is 0 Å². The van der Waals surface area contributed by atoms with Gasteiger partial charge in [0.2, 0.25) is 0 Å². The molecule has 0 saturated carbocycles. The Labute approximate surface area is 32.7 Å². The molecule has 0 aliphatic heterocycles. The zero-order valence-corrected chi connectivity index (χ0v) is 3.95. The van der Waals surface area contributed by atoms with Gasteiger partial charge in [-0.15, -0.1) is 0 Å². The van der Waals surface area contributed by atoms with Crippen molar-refractivity contribution in [2.24, 2.45) is 0 Å². The third kappa shape index (κ3) is 3.92. The molecule has 0 aromatic rings. The van der Waals surface area contributed by atoms with Crippen molar-refractivity contribution in [2.45, 2.75) is 0 Å². The number of hydrazine groups is 1. The Morgan fingerprint density at radius 1 is 1.40 bits per heavy atom. The molecule has 0 radical (unpaired) electrons. The molecule has 0 aliphatic rings. The van der Waals surface area contributed by atoms with Crippen LogP contribution in [0.2, 0.25) is 0 Å². The molecule has 5 heavy (non-hydrogen) atoms. The third-order valence-corrected chi connectivity index (χ3v) is 0.447. The molecule has 2 nitrogen and oxygen atoms in total. The molecule has 0 aliphatic carbocycles. The van der Waals surface area contributed by atoms with E-state index in [1.165, 1.54) is 0 Å². The second-order valence-corrected chi connectivity index (χ2v) is 1.12. The van der Waals surface area contributed by atoms with Crippen LogP contribution in [0, 0.1) is 0 Å². The number of nitrogens with one attached hydrogen (secondary N) is 1. The molecule has 0 saturated heterocycles. The van der Waals surface area contributed by atoms with Gasteiger partial charge in [-0.1, -0.05) is 0 Å². The molecule has 0 unspecified atom stereocenters. The van der Waals surface area contributed by atoms with Crippen LogP contribution in [-0.4, -0.2) is 26.2 Å². The van der Waals surface area contributed by atoms with Crippen molar-refractivity contribution in [3.63, 3.8) is 0 Å². The Morgan fingerprint density at radius 3 is 1.60 bits per heavy atom. The summed E-state index contributed by atoms with van der Waals surface area (Å²) in [6, 6.07) is 0. The van der Waals surface area contributed by atoms with Crippen molar-refractivity contribution in [3.8, 4) is 0 Å². The Bertz CT molecular complexity index is 18.9. The molecule has 32 valence electrons. The third-order valence-electron chi connectivity index (χ3n) is 0.447. The van der Waals surface area contributed by atoms with E-state index in [2.05, 4.69) is 5.43 Å². The largest absolute Gasteiger partial charge is 0.259 e. The maximum Gasteiger partial charge on any atom is 0.00128 e. The van der Waals surface area contributed by atoms with E-state index in [9.17, 15) is 0 Å². The van der Waals surface area contributed by atoms with Gasteiger partial charge in [-0.25, -0.2) is 0 Å². The van der Waals surface area contributed by atoms with E-state index in [0.29, 0.717) is 0 Å². The predicted molar refractivity (Wildman–Crippen MR) is 22.7 cm³/mol. The monoisotopic (exact) mass is 74.1 g/mol. The van der Waals surface area contributed by atoms with Gasteiger partial charge in [0.25, 0.3) is 0 Å². The lowest BCUT2D eigenvalue weighted by Crippen LogP contribution is -2.25. The minimum absolute atomic E-state index is 1.88. The van der Waals surface area contributed by atoms with Crippen LogP contribution >= 0.6 is 0 Å². The van der Waals surface area contributed by atoms with E-state index in [1.807, 2.05) is 26.2 Å². The first-order valence-electron chi connectivity index (χ1n) is 1.62. The van der Waals surface area contributed by atoms with Crippen LogP contribution in [0.4, 0.5) is 0 Å². The highest BCUT2D eigenvalue weighted by Crippen LogP contribution is 1.49. The maximum absolute atomic E-state index is 2.86. The molecule has 0 bridgehead atoms. The number of nitrogens with zero attached hydrogens (tertiary/aromatic N) is 1. The minimum Gasteiger partial charge on any atom is -0.259 e. The summed E-state index contributed by atoms with van der Waals surface area (Å²) in [5, 5.41) is 1.88. The highest BCUT2D eigenvalue weighted by atomic mass is 15.5. The van der Waals surface area contributed by atoms with Crippen molar-refractivity contribution in [2.75, 3.05) is 21.1 Å². The molecule has 0 aromatic heterocycles. The first-order valence-corrected chi connectivity index (χ1v) is 1.62. The Morgan fingerprint density at radius 2 is 1.60 bits per heavy atom. The quantitative estimate of drug-likeness (QED) is 0.429. The summed E-state index contributed by atoms with van der Waals surface area (Å²) >= 11 is 0. The number of rotatable bonds is 1. The Hall–Kier alpha value is -0.0800. The van der Waals surface area contributed by atoms with E-state index in [-0.39, 0.29) is 0 Å². The fraction of sp³-hybridized carbons (Fsp3) is 1.00. The van der Waals surface area contributed by atoms with E-state index >= 15 is 0 Å². The van der Waals surface area contributed by atoms with Gasteiger partial charge in [0.1, 0.15) is 0 Å². The summed E-state index contributed by atoms with van der Waals surface area (Å²) in [6.45, 7) is 0. The molecule has 0 atom stereocenters. The number of hydrogen-bond donors (Lipinski definition) is 1. The molecule has 0 amide bonds. The van der Waals surface area contributed by atoms with Gasteiger partial charge >= 0.3 is 0 Å². The van der Waals surface area contributed by atoms with E-state index in [1.54, 1.807) is 0 Å². The molecule has 0 fully saturated rings. The fourth-order valence-electron chi connectivity index (χ4n) is 0. The molecule has 0 aromatic carbocycles. The normalized spacial score (nSPS) is 9.60. The van der Waals surface area contributed by atoms with Gasteiger partial charge in [-0.3, -0.25) is 10.4 Å². The van der Waals surface area contributed by atoms with Crippen molar-refractivity contribution in [1.29, 1.82) is 0 Å². The van der Waals surface area contributed by atoms with Gasteiger partial charge in [0, 0.05) is 14.1 Å². The van der Waals surface area contributed by atoms with Crippen LogP contribution in [-0.2, 0) is 0 Å². The summed E-state index contributed by atoms with van der Waals surface area (Å²) in [4.78, 5) is 0. The first-order chi connectivity index (χ1) is 2.27.